The Kier molecular flexibility index (Phi) is 3.56. The van der Waals surface area contributed by atoms with Crippen LogP contribution in [0.15, 0.2) is 0 Å². The quantitative estimate of drug-likeness (QED) is 0.444. The minimum absolute atomic E-state index is 1.10. The first-order chi connectivity index (χ1) is 3.25. The molecular formula is CCl2F3ISn. The van der Waals surface area contributed by atoms with Crippen LogP contribution in [0, 0.1) is 0 Å². The van der Waals surface area contributed by atoms with Gasteiger partial charge < -0.3 is 0 Å². The summed E-state index contributed by atoms with van der Waals surface area (Å²) < 4.78 is 29.8. The molecule has 0 spiro atoms. The third-order valence-electron chi connectivity index (χ3n) is 0.321. The van der Waals surface area contributed by atoms with E-state index in [1.807, 2.05) is 0 Å². The predicted molar refractivity (Wildman–Crippen MR) is 37.5 cm³/mol. The fourth-order valence-corrected chi connectivity index (χ4v) is 0. The van der Waals surface area contributed by atoms with Gasteiger partial charge in [0.2, 0.25) is 0 Å². The molecule has 0 N–H and O–H groups in total. The zero-order valence-corrected chi connectivity index (χ0v) is 9.79. The second kappa shape index (κ2) is 2.87. The molecule has 0 aromatic rings. The Morgan fingerprint density at radius 2 is 1.38 bits per heavy atom. The molecule has 0 aliphatic heterocycles. The molecule has 0 nitrogen and oxygen atoms in total. The third-order valence-corrected chi connectivity index (χ3v) is 9.13. The summed E-state index contributed by atoms with van der Waals surface area (Å²) in [5, 5.41) is 0. The average molecular weight is 386 g/mol. The maximum absolute atomic E-state index is 11.4. The van der Waals surface area contributed by atoms with E-state index in [4.69, 9.17) is 17.8 Å². The van der Waals surface area contributed by atoms with E-state index in [1.165, 1.54) is 0 Å². The summed E-state index contributed by atoms with van der Waals surface area (Å²) in [5.74, 6) is 0. The van der Waals surface area contributed by atoms with Gasteiger partial charge in [-0.2, -0.15) is 0 Å². The molecule has 7 heteroatoms. The maximum atomic E-state index is 11.4. The van der Waals surface area contributed by atoms with E-state index in [0.717, 1.165) is 18.6 Å². The fourth-order valence-electron chi connectivity index (χ4n) is 0. The van der Waals surface area contributed by atoms with Crippen LogP contribution in [0.2, 0.25) is 0 Å². The zero-order chi connectivity index (χ0) is 7.00. The molecule has 0 amide bonds. The second-order valence-electron chi connectivity index (χ2n) is 0.996. The van der Waals surface area contributed by atoms with Gasteiger partial charge in [0, 0.05) is 0 Å². The normalized spacial score (nSPS) is 14.2. The van der Waals surface area contributed by atoms with Gasteiger partial charge >= 0.3 is 66.0 Å². The van der Waals surface area contributed by atoms with Crippen molar-refractivity contribution in [2.24, 2.45) is 0 Å². The zero-order valence-electron chi connectivity index (χ0n) is 3.27. The average Bonchev–Trinajstić information content (AvgIpc) is 1.25. The van der Waals surface area contributed by atoms with Crippen molar-refractivity contribution in [3.05, 3.63) is 0 Å². The summed E-state index contributed by atoms with van der Waals surface area (Å²) in [6.07, 6.45) is 0. The Hall–Kier alpha value is 1.90. The molecule has 8 heavy (non-hydrogen) atoms. The number of alkyl halides is 3. The molecule has 50 valence electrons. The Balaban J connectivity index is 4.02. The molecule has 0 fully saturated rings. The van der Waals surface area contributed by atoms with Gasteiger partial charge in [-0.1, -0.05) is 0 Å². The number of hydrogen-bond donors (Lipinski definition) is 0. The summed E-state index contributed by atoms with van der Waals surface area (Å²) in [4.78, 5) is 0. The first-order valence-electron chi connectivity index (χ1n) is 1.38. The molecule has 0 aromatic heterocycles. The van der Waals surface area contributed by atoms with Gasteiger partial charge in [0.25, 0.3) is 0 Å². The van der Waals surface area contributed by atoms with Crippen molar-refractivity contribution >= 4 is 48.6 Å². The van der Waals surface area contributed by atoms with Crippen LogP contribution in [0.4, 0.5) is 13.2 Å². The van der Waals surface area contributed by atoms with Crippen LogP contribution in [-0.2, 0) is 0 Å². The van der Waals surface area contributed by atoms with Crippen molar-refractivity contribution in [1.82, 2.24) is 0 Å². The van der Waals surface area contributed by atoms with Crippen LogP contribution in [0.25, 0.3) is 0 Å². The van der Waals surface area contributed by atoms with Crippen molar-refractivity contribution in [3.8, 4) is 0 Å². The van der Waals surface area contributed by atoms with Crippen molar-refractivity contribution < 1.29 is 13.2 Å². The van der Waals surface area contributed by atoms with Gasteiger partial charge in [0.15, 0.2) is 0 Å². The summed E-state index contributed by atoms with van der Waals surface area (Å²) in [7, 11) is 9.69. The Morgan fingerprint density at radius 3 is 1.38 bits per heavy atom. The molecule has 0 radical (unpaired) electrons. The Morgan fingerprint density at radius 1 is 1.25 bits per heavy atom. The van der Waals surface area contributed by atoms with E-state index < -0.39 is 16.3 Å². The topological polar surface area (TPSA) is 0 Å². The van der Waals surface area contributed by atoms with Crippen LogP contribution in [0.1, 0.15) is 0 Å². The van der Waals surface area contributed by atoms with Gasteiger partial charge in [0.05, 0.1) is 0 Å². The van der Waals surface area contributed by atoms with E-state index in [2.05, 4.69) is 0 Å². The minimum atomic E-state index is -4.61. The SMILES string of the molecule is F[C](F)(F)[Sn]([Cl])([Cl])[I]. The monoisotopic (exact) mass is 386 g/mol. The molecule has 0 bridgehead atoms. The molecule has 0 unspecified atom stereocenters. The van der Waals surface area contributed by atoms with Gasteiger partial charge in [-0.25, -0.2) is 0 Å². The first-order valence-corrected chi connectivity index (χ1v) is 18.4. The summed E-state index contributed by atoms with van der Waals surface area (Å²) in [6.45, 7) is 0. The van der Waals surface area contributed by atoms with Crippen molar-refractivity contribution in [1.29, 1.82) is 0 Å². The molecule has 0 saturated heterocycles. The van der Waals surface area contributed by atoms with Crippen LogP contribution in [-0.4, -0.2) is 16.3 Å². The standard InChI is InChI=1S/CF3.2ClH.HI.Sn/c2-1(3)4;;;;/h;3*1H;/q;;;;+3/p-3. The number of halogens is 6. The molecule has 0 heterocycles. The molecule has 0 aromatic carbocycles. The van der Waals surface area contributed by atoms with E-state index >= 15 is 0 Å². The summed E-state index contributed by atoms with van der Waals surface area (Å²) >= 11 is -3.51. The van der Waals surface area contributed by atoms with Crippen LogP contribution in [0.5, 0.6) is 0 Å². The number of rotatable bonds is 0. The summed E-state index contributed by atoms with van der Waals surface area (Å²) in [6, 6.07) is 0. The first kappa shape index (κ1) is 9.90. The predicted octanol–water partition coefficient (Wildman–Crippen LogP) is 2.94. The third kappa shape index (κ3) is 3.16. The van der Waals surface area contributed by atoms with Gasteiger partial charge in [-0.15, -0.1) is 0 Å². The number of hydrogen-bond acceptors (Lipinski definition) is 0. The van der Waals surface area contributed by atoms with Gasteiger partial charge in [-0.3, -0.25) is 0 Å². The van der Waals surface area contributed by atoms with Gasteiger partial charge in [0.1, 0.15) is 0 Å². The Labute approximate surface area is 65.2 Å². The molecule has 0 aliphatic carbocycles. The second-order valence-corrected chi connectivity index (χ2v) is 33.8. The van der Waals surface area contributed by atoms with E-state index in [9.17, 15) is 13.2 Å². The van der Waals surface area contributed by atoms with Crippen LogP contribution in [0.3, 0.4) is 0 Å². The van der Waals surface area contributed by atoms with E-state index in [-0.39, 0.29) is 0 Å². The van der Waals surface area contributed by atoms with Crippen molar-refractivity contribution in [3.63, 3.8) is 0 Å². The molecule has 0 atom stereocenters. The van der Waals surface area contributed by atoms with Gasteiger partial charge in [-0.05, 0) is 0 Å². The fraction of sp³-hybridized carbons (Fsp3) is 1.00. The summed E-state index contributed by atoms with van der Waals surface area (Å²) in [5.41, 5.74) is 0. The molecule has 0 aliphatic rings. The van der Waals surface area contributed by atoms with Crippen LogP contribution < -0.4 is 0 Å². The Bertz CT molecular complexity index is 72.3. The molecular weight excluding hydrogens is 386 g/mol. The molecule has 0 rings (SSSR count). The molecule has 0 saturated carbocycles. The van der Waals surface area contributed by atoms with Crippen molar-refractivity contribution in [2.45, 2.75) is 4.19 Å². The van der Waals surface area contributed by atoms with E-state index in [1.54, 1.807) is 0 Å². The van der Waals surface area contributed by atoms with Crippen molar-refractivity contribution in [2.75, 3.05) is 0 Å². The van der Waals surface area contributed by atoms with E-state index in [0.29, 0.717) is 0 Å². The van der Waals surface area contributed by atoms with Crippen LogP contribution >= 0.6 is 36.5 Å².